The number of nitrogens with zero attached hydrogens (tertiary/aromatic N) is 1. The summed E-state index contributed by atoms with van der Waals surface area (Å²) in [5.74, 6) is 0.375. The minimum absolute atomic E-state index is 0.285. The molecule has 0 heterocycles. The maximum Gasteiger partial charge on any atom is 0.271 e. The van der Waals surface area contributed by atoms with Crippen LogP contribution in [0.3, 0.4) is 0 Å². The molecule has 3 aromatic carbocycles. The Hall–Kier alpha value is -1.86. The number of hydrogen-bond acceptors (Lipinski definition) is 3. The Bertz CT molecular complexity index is 1060. The van der Waals surface area contributed by atoms with Crippen LogP contribution in [0.15, 0.2) is 74.7 Å². The standard InChI is InChI=1S/C21H14Br2Cl2N2O2/c22-16-5-2-14(3-6-16)21(28)27-26-11-13-1-8-20(18(23)9-13)29-12-15-4-7-17(24)10-19(15)25/h1-11H,12H2,(H,27,28)/b26-11-. The topological polar surface area (TPSA) is 50.7 Å². The van der Waals surface area contributed by atoms with Gasteiger partial charge in [-0.25, -0.2) is 5.43 Å². The third-order valence-electron chi connectivity index (χ3n) is 3.84. The van der Waals surface area contributed by atoms with E-state index < -0.39 is 0 Å². The highest BCUT2D eigenvalue weighted by Gasteiger charge is 2.06. The van der Waals surface area contributed by atoms with Gasteiger partial charge in [0, 0.05) is 25.6 Å². The fraction of sp³-hybridized carbons (Fsp3) is 0.0476. The molecule has 0 unspecified atom stereocenters. The van der Waals surface area contributed by atoms with Gasteiger partial charge in [0.1, 0.15) is 12.4 Å². The van der Waals surface area contributed by atoms with Crippen molar-refractivity contribution in [2.75, 3.05) is 0 Å². The monoisotopic (exact) mass is 554 g/mol. The summed E-state index contributed by atoms with van der Waals surface area (Å²) in [5.41, 5.74) is 4.66. The van der Waals surface area contributed by atoms with Crippen LogP contribution in [0, 0.1) is 0 Å². The Balaban J connectivity index is 1.59. The molecule has 0 saturated carbocycles. The molecular formula is C21H14Br2Cl2N2O2. The first-order valence-corrected chi connectivity index (χ1v) is 10.7. The summed E-state index contributed by atoms with van der Waals surface area (Å²) >= 11 is 18.9. The molecule has 0 aromatic heterocycles. The van der Waals surface area contributed by atoms with E-state index in [1.807, 2.05) is 24.3 Å². The number of hydrazone groups is 1. The lowest BCUT2D eigenvalue weighted by Crippen LogP contribution is -2.17. The molecule has 0 spiro atoms. The van der Waals surface area contributed by atoms with Gasteiger partial charge in [0.25, 0.3) is 5.91 Å². The number of rotatable bonds is 6. The molecule has 29 heavy (non-hydrogen) atoms. The minimum Gasteiger partial charge on any atom is -0.488 e. The van der Waals surface area contributed by atoms with Gasteiger partial charge in [0.05, 0.1) is 10.7 Å². The van der Waals surface area contributed by atoms with E-state index in [0.29, 0.717) is 28.0 Å². The van der Waals surface area contributed by atoms with Crippen molar-refractivity contribution in [3.05, 3.63) is 96.3 Å². The lowest BCUT2D eigenvalue weighted by Gasteiger charge is -2.10. The highest BCUT2D eigenvalue weighted by Crippen LogP contribution is 2.28. The second-order valence-electron chi connectivity index (χ2n) is 5.92. The van der Waals surface area contributed by atoms with Crippen LogP contribution in [0.25, 0.3) is 0 Å². The van der Waals surface area contributed by atoms with E-state index in [1.165, 1.54) is 0 Å². The lowest BCUT2D eigenvalue weighted by atomic mass is 10.2. The third-order valence-corrected chi connectivity index (χ3v) is 5.58. The Labute approximate surface area is 195 Å². The molecule has 0 radical (unpaired) electrons. The average molecular weight is 557 g/mol. The average Bonchev–Trinajstić information content (AvgIpc) is 2.69. The zero-order valence-electron chi connectivity index (χ0n) is 14.8. The second-order valence-corrected chi connectivity index (χ2v) is 8.53. The molecule has 4 nitrogen and oxygen atoms in total. The van der Waals surface area contributed by atoms with Gasteiger partial charge in [-0.3, -0.25) is 4.79 Å². The number of carbonyl (C=O) groups excluding carboxylic acids is 1. The molecular weight excluding hydrogens is 543 g/mol. The Kier molecular flexibility index (Phi) is 7.72. The third kappa shape index (κ3) is 6.31. The van der Waals surface area contributed by atoms with E-state index in [-0.39, 0.29) is 5.91 Å². The summed E-state index contributed by atoms with van der Waals surface area (Å²) < 4.78 is 7.48. The molecule has 0 atom stereocenters. The summed E-state index contributed by atoms with van der Waals surface area (Å²) in [4.78, 5) is 12.0. The van der Waals surface area contributed by atoms with Gasteiger partial charge in [-0.2, -0.15) is 5.10 Å². The second kappa shape index (κ2) is 10.3. The van der Waals surface area contributed by atoms with Gasteiger partial charge in [0.15, 0.2) is 0 Å². The summed E-state index contributed by atoms with van der Waals surface area (Å²) in [7, 11) is 0. The van der Waals surface area contributed by atoms with Gasteiger partial charge in [0.2, 0.25) is 0 Å². The predicted octanol–water partition coefficient (Wildman–Crippen LogP) is 6.86. The van der Waals surface area contributed by atoms with Crippen LogP contribution >= 0.6 is 55.1 Å². The summed E-state index contributed by atoms with van der Waals surface area (Å²) in [6.45, 7) is 0.311. The van der Waals surface area contributed by atoms with Gasteiger partial charge in [-0.05, 0) is 76.1 Å². The first-order valence-electron chi connectivity index (χ1n) is 8.37. The fourth-order valence-electron chi connectivity index (χ4n) is 2.34. The Morgan fingerprint density at radius 1 is 1.03 bits per heavy atom. The number of amides is 1. The van der Waals surface area contributed by atoms with Crippen molar-refractivity contribution in [2.45, 2.75) is 6.61 Å². The van der Waals surface area contributed by atoms with E-state index in [9.17, 15) is 4.79 Å². The van der Waals surface area contributed by atoms with Crippen molar-refractivity contribution >= 4 is 67.2 Å². The maximum absolute atomic E-state index is 12.0. The summed E-state index contributed by atoms with van der Waals surface area (Å²) in [5, 5.41) is 5.13. The number of hydrogen-bond donors (Lipinski definition) is 1. The van der Waals surface area contributed by atoms with Crippen LogP contribution < -0.4 is 10.2 Å². The van der Waals surface area contributed by atoms with Crippen molar-refractivity contribution in [3.63, 3.8) is 0 Å². The van der Waals surface area contributed by atoms with Crippen molar-refractivity contribution in [1.82, 2.24) is 5.43 Å². The number of nitrogens with one attached hydrogen (secondary N) is 1. The quantitative estimate of drug-likeness (QED) is 0.266. The maximum atomic E-state index is 12.0. The number of ether oxygens (including phenoxy) is 1. The number of carbonyl (C=O) groups is 1. The zero-order chi connectivity index (χ0) is 20.8. The van der Waals surface area contributed by atoms with Crippen molar-refractivity contribution in [1.29, 1.82) is 0 Å². The summed E-state index contributed by atoms with van der Waals surface area (Å²) in [6.07, 6.45) is 1.56. The van der Waals surface area contributed by atoms with Gasteiger partial charge in [-0.1, -0.05) is 45.2 Å². The van der Waals surface area contributed by atoms with Crippen molar-refractivity contribution in [3.8, 4) is 5.75 Å². The van der Waals surface area contributed by atoms with Crippen molar-refractivity contribution < 1.29 is 9.53 Å². The summed E-state index contributed by atoms with van der Waals surface area (Å²) in [6, 6.07) is 17.8. The molecule has 0 bridgehead atoms. The molecule has 1 amide bonds. The molecule has 0 fully saturated rings. The van der Waals surface area contributed by atoms with Crippen LogP contribution in [-0.2, 0) is 6.61 Å². The van der Waals surface area contributed by atoms with Crippen LogP contribution in [0.1, 0.15) is 21.5 Å². The molecule has 1 N–H and O–H groups in total. The lowest BCUT2D eigenvalue weighted by molar-refractivity contribution is 0.0955. The van der Waals surface area contributed by atoms with E-state index in [1.54, 1.807) is 42.6 Å². The Morgan fingerprint density at radius 3 is 2.48 bits per heavy atom. The van der Waals surface area contributed by atoms with Gasteiger partial charge >= 0.3 is 0 Å². The highest BCUT2D eigenvalue weighted by molar-refractivity contribution is 9.10. The smallest absolute Gasteiger partial charge is 0.271 e. The zero-order valence-corrected chi connectivity index (χ0v) is 19.5. The van der Waals surface area contributed by atoms with Crippen LogP contribution in [0.2, 0.25) is 10.0 Å². The first kappa shape index (κ1) is 21.8. The number of benzene rings is 3. The van der Waals surface area contributed by atoms with Crippen LogP contribution in [-0.4, -0.2) is 12.1 Å². The normalized spacial score (nSPS) is 10.9. The molecule has 148 valence electrons. The molecule has 0 aliphatic carbocycles. The SMILES string of the molecule is O=C(N/N=C\c1ccc(OCc2ccc(Cl)cc2Cl)c(Br)c1)c1ccc(Br)cc1. The van der Waals surface area contributed by atoms with Crippen molar-refractivity contribution in [2.24, 2.45) is 5.10 Å². The van der Waals surface area contributed by atoms with E-state index >= 15 is 0 Å². The largest absolute Gasteiger partial charge is 0.488 e. The molecule has 3 rings (SSSR count). The van der Waals surface area contributed by atoms with Gasteiger partial charge in [-0.15, -0.1) is 0 Å². The molecule has 0 aliphatic rings. The van der Waals surface area contributed by atoms with Crippen LogP contribution in [0.4, 0.5) is 0 Å². The fourth-order valence-corrected chi connectivity index (χ4v) is 3.58. The highest BCUT2D eigenvalue weighted by atomic mass is 79.9. The number of halogens is 4. The minimum atomic E-state index is -0.285. The van der Waals surface area contributed by atoms with Crippen LogP contribution in [0.5, 0.6) is 5.75 Å². The molecule has 8 heteroatoms. The molecule has 0 saturated heterocycles. The molecule has 0 aliphatic heterocycles. The van der Waals surface area contributed by atoms with E-state index in [4.69, 9.17) is 27.9 Å². The molecule has 3 aromatic rings. The van der Waals surface area contributed by atoms with Gasteiger partial charge < -0.3 is 4.74 Å². The van der Waals surface area contributed by atoms with E-state index in [0.717, 1.165) is 20.1 Å². The Morgan fingerprint density at radius 2 is 1.79 bits per heavy atom. The first-order chi connectivity index (χ1) is 13.9. The van der Waals surface area contributed by atoms with E-state index in [2.05, 4.69) is 42.4 Å². The predicted molar refractivity (Wildman–Crippen MR) is 124 cm³/mol.